The lowest BCUT2D eigenvalue weighted by atomic mass is 9.84. The van der Waals surface area contributed by atoms with Gasteiger partial charge in [-0.1, -0.05) is 6.92 Å². The zero-order valence-corrected chi connectivity index (χ0v) is 12.6. The van der Waals surface area contributed by atoms with E-state index in [1.54, 1.807) is 0 Å². The van der Waals surface area contributed by atoms with Gasteiger partial charge in [0.1, 0.15) is 0 Å². The van der Waals surface area contributed by atoms with E-state index in [1.807, 2.05) is 4.90 Å². The van der Waals surface area contributed by atoms with E-state index in [0.29, 0.717) is 17.7 Å². The Morgan fingerprint density at radius 2 is 1.84 bits per heavy atom. The maximum atomic E-state index is 12.8. The van der Waals surface area contributed by atoms with Crippen molar-refractivity contribution in [1.82, 2.24) is 9.80 Å². The zero-order chi connectivity index (χ0) is 14.0. The molecule has 19 heavy (non-hydrogen) atoms. The Bertz CT molecular complexity index is 317. The van der Waals surface area contributed by atoms with Gasteiger partial charge in [0.2, 0.25) is 5.91 Å². The molecule has 0 aromatic rings. The van der Waals surface area contributed by atoms with E-state index >= 15 is 0 Å². The van der Waals surface area contributed by atoms with Crippen molar-refractivity contribution in [3.8, 4) is 0 Å². The third-order valence-corrected chi connectivity index (χ3v) is 4.89. The SMILES string of the molecule is CCCN(CCN(C)C)C(=O)C1C2CCC(C2)C1N. The first kappa shape index (κ1) is 14.8. The highest BCUT2D eigenvalue weighted by atomic mass is 16.2. The lowest BCUT2D eigenvalue weighted by Gasteiger charge is -2.33. The van der Waals surface area contributed by atoms with Gasteiger partial charge in [0.15, 0.2) is 0 Å². The highest BCUT2D eigenvalue weighted by molar-refractivity contribution is 5.80. The van der Waals surface area contributed by atoms with Crippen LogP contribution in [0.2, 0.25) is 0 Å². The minimum atomic E-state index is 0.104. The molecule has 4 unspecified atom stereocenters. The number of nitrogens with two attached hydrogens (primary N) is 1. The fourth-order valence-corrected chi connectivity index (χ4v) is 3.84. The molecule has 2 aliphatic carbocycles. The first-order valence-electron chi connectivity index (χ1n) is 7.73. The van der Waals surface area contributed by atoms with E-state index in [0.717, 1.165) is 26.1 Å². The number of fused-ring (bicyclic) bond motifs is 2. The van der Waals surface area contributed by atoms with Crippen LogP contribution in [-0.4, -0.2) is 55.5 Å². The molecule has 1 amide bonds. The third kappa shape index (κ3) is 3.11. The third-order valence-electron chi connectivity index (χ3n) is 4.89. The molecule has 2 fully saturated rings. The van der Waals surface area contributed by atoms with Gasteiger partial charge >= 0.3 is 0 Å². The molecular weight excluding hydrogens is 238 g/mol. The topological polar surface area (TPSA) is 49.6 Å². The largest absolute Gasteiger partial charge is 0.341 e. The minimum absolute atomic E-state index is 0.104. The zero-order valence-electron chi connectivity index (χ0n) is 12.6. The molecule has 0 aromatic heterocycles. The number of nitrogens with zero attached hydrogens (tertiary/aromatic N) is 2. The van der Waals surface area contributed by atoms with E-state index in [-0.39, 0.29) is 12.0 Å². The van der Waals surface area contributed by atoms with Crippen LogP contribution in [0.4, 0.5) is 0 Å². The van der Waals surface area contributed by atoms with Crippen LogP contribution >= 0.6 is 0 Å². The second-order valence-electron chi connectivity index (χ2n) is 6.56. The minimum Gasteiger partial charge on any atom is -0.341 e. The summed E-state index contributed by atoms with van der Waals surface area (Å²) in [4.78, 5) is 17.0. The predicted molar refractivity (Wildman–Crippen MR) is 77.7 cm³/mol. The first-order chi connectivity index (χ1) is 9.04. The maximum absolute atomic E-state index is 12.8. The molecule has 0 heterocycles. The molecule has 2 bridgehead atoms. The normalized spacial score (nSPS) is 33.1. The van der Waals surface area contributed by atoms with Crippen LogP contribution in [0.15, 0.2) is 0 Å². The van der Waals surface area contributed by atoms with E-state index in [1.165, 1.54) is 19.3 Å². The number of hydrogen-bond donors (Lipinski definition) is 1. The van der Waals surface area contributed by atoms with Crippen LogP contribution in [0.1, 0.15) is 32.6 Å². The van der Waals surface area contributed by atoms with Crippen molar-refractivity contribution in [1.29, 1.82) is 0 Å². The monoisotopic (exact) mass is 267 g/mol. The molecule has 4 atom stereocenters. The fourth-order valence-electron chi connectivity index (χ4n) is 3.84. The van der Waals surface area contributed by atoms with Crippen molar-refractivity contribution in [3.63, 3.8) is 0 Å². The van der Waals surface area contributed by atoms with Gasteiger partial charge < -0.3 is 15.5 Å². The summed E-state index contributed by atoms with van der Waals surface area (Å²) in [7, 11) is 4.11. The molecule has 4 heteroatoms. The smallest absolute Gasteiger partial charge is 0.227 e. The number of carbonyl (C=O) groups is 1. The average Bonchev–Trinajstić information content (AvgIpc) is 2.94. The summed E-state index contributed by atoms with van der Waals surface area (Å²) in [5.74, 6) is 1.60. The summed E-state index contributed by atoms with van der Waals surface area (Å²) in [6.45, 7) is 4.77. The number of rotatable bonds is 6. The molecule has 2 N–H and O–H groups in total. The van der Waals surface area contributed by atoms with Crippen molar-refractivity contribution in [2.24, 2.45) is 23.5 Å². The molecule has 0 aromatic carbocycles. The van der Waals surface area contributed by atoms with Gasteiger partial charge in [-0.25, -0.2) is 0 Å². The first-order valence-corrected chi connectivity index (χ1v) is 7.73. The summed E-state index contributed by atoms with van der Waals surface area (Å²) < 4.78 is 0. The van der Waals surface area contributed by atoms with Crippen molar-refractivity contribution < 1.29 is 4.79 Å². The Morgan fingerprint density at radius 3 is 2.37 bits per heavy atom. The number of likely N-dealkylation sites (N-methyl/N-ethyl adjacent to an activating group) is 1. The molecule has 0 aliphatic heterocycles. The van der Waals surface area contributed by atoms with Gasteiger partial charge in [-0.3, -0.25) is 4.79 Å². The van der Waals surface area contributed by atoms with E-state index in [2.05, 4.69) is 25.9 Å². The van der Waals surface area contributed by atoms with Gasteiger partial charge in [-0.2, -0.15) is 0 Å². The molecule has 4 nitrogen and oxygen atoms in total. The van der Waals surface area contributed by atoms with Gasteiger partial charge in [0.25, 0.3) is 0 Å². The van der Waals surface area contributed by atoms with Crippen molar-refractivity contribution in [2.75, 3.05) is 33.7 Å². The lowest BCUT2D eigenvalue weighted by molar-refractivity contribution is -0.138. The molecule has 0 spiro atoms. The summed E-state index contributed by atoms with van der Waals surface area (Å²) in [6.07, 6.45) is 4.66. The van der Waals surface area contributed by atoms with Crippen LogP contribution in [0.25, 0.3) is 0 Å². The summed E-state index contributed by atoms with van der Waals surface area (Å²) in [6, 6.07) is 0.116. The van der Waals surface area contributed by atoms with E-state index in [9.17, 15) is 4.79 Å². The second-order valence-corrected chi connectivity index (χ2v) is 6.56. The van der Waals surface area contributed by atoms with E-state index in [4.69, 9.17) is 5.73 Å². The van der Waals surface area contributed by atoms with Crippen LogP contribution in [-0.2, 0) is 4.79 Å². The molecule has 2 rings (SSSR count). The highest BCUT2D eigenvalue weighted by Gasteiger charge is 2.49. The quantitative estimate of drug-likeness (QED) is 0.785. The number of hydrogen-bond acceptors (Lipinski definition) is 3. The van der Waals surface area contributed by atoms with Crippen LogP contribution in [0.5, 0.6) is 0 Å². The van der Waals surface area contributed by atoms with Crippen molar-refractivity contribution in [2.45, 2.75) is 38.6 Å². The summed E-state index contributed by atoms with van der Waals surface area (Å²) >= 11 is 0. The number of carbonyl (C=O) groups excluding carboxylic acids is 1. The average molecular weight is 267 g/mol. The Hall–Kier alpha value is -0.610. The predicted octanol–water partition coefficient (Wildman–Crippen LogP) is 1.16. The fraction of sp³-hybridized carbons (Fsp3) is 0.933. The molecule has 110 valence electrons. The summed E-state index contributed by atoms with van der Waals surface area (Å²) in [5, 5.41) is 0. The molecule has 0 radical (unpaired) electrons. The van der Waals surface area contributed by atoms with Crippen LogP contribution < -0.4 is 5.73 Å². The van der Waals surface area contributed by atoms with E-state index < -0.39 is 0 Å². The second kappa shape index (κ2) is 6.23. The van der Waals surface area contributed by atoms with Gasteiger partial charge in [0, 0.05) is 25.7 Å². The molecule has 2 aliphatic rings. The maximum Gasteiger partial charge on any atom is 0.227 e. The van der Waals surface area contributed by atoms with Crippen molar-refractivity contribution >= 4 is 5.91 Å². The van der Waals surface area contributed by atoms with Crippen molar-refractivity contribution in [3.05, 3.63) is 0 Å². The lowest BCUT2D eigenvalue weighted by Crippen LogP contribution is -2.48. The molecular formula is C15H29N3O. The Balaban J connectivity index is 1.98. The van der Waals surface area contributed by atoms with Gasteiger partial charge in [-0.15, -0.1) is 0 Å². The van der Waals surface area contributed by atoms with Gasteiger partial charge in [-0.05, 0) is 51.6 Å². The molecule has 2 saturated carbocycles. The Morgan fingerprint density at radius 1 is 1.16 bits per heavy atom. The Labute approximate surface area is 117 Å². The Kier molecular flexibility index (Phi) is 4.85. The standard InChI is InChI=1S/C15H29N3O/c1-4-7-18(9-8-17(2)3)15(19)13-11-5-6-12(10-11)14(13)16/h11-14H,4-10,16H2,1-3H3. The number of amides is 1. The highest BCUT2D eigenvalue weighted by Crippen LogP contribution is 2.48. The summed E-state index contributed by atoms with van der Waals surface area (Å²) in [5.41, 5.74) is 6.30. The van der Waals surface area contributed by atoms with Crippen LogP contribution in [0.3, 0.4) is 0 Å². The molecule has 0 saturated heterocycles. The van der Waals surface area contributed by atoms with Gasteiger partial charge in [0.05, 0.1) is 5.92 Å². The van der Waals surface area contributed by atoms with Crippen LogP contribution in [0, 0.1) is 17.8 Å².